The smallest absolute Gasteiger partial charge is 0.850 e. The zero-order valence-corrected chi connectivity index (χ0v) is 16.0. The summed E-state index contributed by atoms with van der Waals surface area (Å²) < 4.78 is 0. The summed E-state index contributed by atoms with van der Waals surface area (Å²) in [4.78, 5) is 8.44. The average Bonchev–Trinajstić information content (AvgIpc) is 1.19. The molecule has 0 spiro atoms. The van der Waals surface area contributed by atoms with Gasteiger partial charge in [-0.25, -0.2) is 0 Å². The number of carbonyl (C=O) groups is 1. The molecule has 0 rings (SSSR count). The molecule has 0 aromatic carbocycles. The molecule has 4 nitrogen and oxygen atoms in total. The molecular weight excluding hydrogens is 280 g/mol. The molecule has 0 radical (unpaired) electrons. The van der Waals surface area contributed by atoms with E-state index in [0.29, 0.717) is 0 Å². The number of hydrogen-bond acceptors (Lipinski definition) is 3. The van der Waals surface area contributed by atoms with Crippen molar-refractivity contribution in [2.24, 2.45) is 0 Å². The number of rotatable bonds is 0. The Morgan fingerprint density at radius 3 is 1.36 bits per heavy atom. The Morgan fingerprint density at radius 2 is 1.36 bits per heavy atom. The normalized spacial score (nSPS) is 7.64. The second-order valence-electron chi connectivity index (χ2n) is 2.38. The van der Waals surface area contributed by atoms with E-state index in [2.05, 4.69) is 0 Å². The minimum Gasteiger partial charge on any atom is -0.850 e. The van der Waals surface area contributed by atoms with Crippen molar-refractivity contribution in [2.75, 3.05) is 0 Å². The van der Waals surface area contributed by atoms with Crippen molar-refractivity contribution in [1.29, 1.82) is 0 Å². The molecule has 0 unspecified atom stereocenters. The zero-order chi connectivity index (χ0) is 8.08. The molecule has 0 aliphatic carbocycles. The quantitative estimate of drug-likeness (QED) is 0.449. The van der Waals surface area contributed by atoms with Crippen molar-refractivity contribution >= 4 is 6.16 Å². The minimum absolute atomic E-state index is 0. The molecule has 6 heteroatoms. The number of hydrogen-bond donors (Lipinski definition) is 1. The first-order valence-electron chi connectivity index (χ1n) is 2.34. The molecule has 11 heavy (non-hydrogen) atoms. The van der Waals surface area contributed by atoms with Crippen LogP contribution in [0, 0.1) is 0 Å². The third kappa shape index (κ3) is 249. The summed E-state index contributed by atoms with van der Waals surface area (Å²) in [5, 5.41) is 25.4. The van der Waals surface area contributed by atoms with Gasteiger partial charge in [0.25, 0.3) is 0 Å². The summed E-state index contributed by atoms with van der Waals surface area (Å²) in [6, 6.07) is 0. The molecule has 0 aromatic rings. The van der Waals surface area contributed by atoms with Crippen LogP contribution in [0.4, 0.5) is 4.79 Å². The maximum absolute atomic E-state index is 10.1. The SMILES string of the molecule is CC(C)(C)[O-].O=C([O-])O.[Cs+].[Na+]. The van der Waals surface area contributed by atoms with E-state index in [4.69, 9.17) is 15.0 Å². The van der Waals surface area contributed by atoms with Crippen LogP contribution in [0.15, 0.2) is 0 Å². The van der Waals surface area contributed by atoms with E-state index in [1.54, 1.807) is 20.8 Å². The molecule has 0 heterocycles. The Balaban J connectivity index is -0.0000000383. The van der Waals surface area contributed by atoms with Gasteiger partial charge in [-0.2, -0.15) is 0 Å². The van der Waals surface area contributed by atoms with Gasteiger partial charge in [-0.3, -0.25) is 0 Å². The van der Waals surface area contributed by atoms with Crippen molar-refractivity contribution in [3.05, 3.63) is 0 Å². The zero-order valence-electron chi connectivity index (χ0n) is 7.67. The van der Waals surface area contributed by atoms with Gasteiger partial charge in [-0.1, -0.05) is 20.8 Å². The molecule has 0 aromatic heterocycles. The molecule has 0 fully saturated rings. The topological polar surface area (TPSA) is 83.4 Å². The summed E-state index contributed by atoms with van der Waals surface area (Å²) in [7, 11) is 0. The van der Waals surface area contributed by atoms with Crippen molar-refractivity contribution in [1.82, 2.24) is 0 Å². The van der Waals surface area contributed by atoms with Crippen LogP contribution >= 0.6 is 0 Å². The van der Waals surface area contributed by atoms with Crippen molar-refractivity contribution in [3.8, 4) is 0 Å². The molecule has 0 bridgehead atoms. The number of carboxylic acid groups (broad SMARTS) is 2. The maximum Gasteiger partial charge on any atom is 1.00 e. The molecule has 0 saturated heterocycles. The van der Waals surface area contributed by atoms with Gasteiger partial charge < -0.3 is 20.1 Å². The average molecular weight is 290 g/mol. The predicted octanol–water partition coefficient (Wildman–Crippen LogP) is -6.96. The van der Waals surface area contributed by atoms with Gasteiger partial charge in [0, 0.05) is 0 Å². The first-order valence-corrected chi connectivity index (χ1v) is 2.34. The standard InChI is InChI=1S/C4H9O.CH2O3.Cs.Na/c1-4(2,3)5;2-1(3)4;;/h1-3H3;(H2,2,3,4);;/q-1;;2*+1/p-1. The van der Waals surface area contributed by atoms with Gasteiger partial charge in [-0.15, -0.1) is 5.60 Å². The van der Waals surface area contributed by atoms with Gasteiger partial charge in [-0.05, 0) is 0 Å². The van der Waals surface area contributed by atoms with Crippen LogP contribution in [0.1, 0.15) is 20.8 Å². The summed E-state index contributed by atoms with van der Waals surface area (Å²) in [6.07, 6.45) is -2.08. The second kappa shape index (κ2) is 12.3. The van der Waals surface area contributed by atoms with Gasteiger partial charge >= 0.3 is 98.5 Å². The van der Waals surface area contributed by atoms with Crippen LogP contribution in [0.5, 0.6) is 0 Å². The van der Waals surface area contributed by atoms with E-state index >= 15 is 0 Å². The van der Waals surface area contributed by atoms with Crippen LogP contribution < -0.4 is 109 Å². The van der Waals surface area contributed by atoms with Gasteiger partial charge in [0.2, 0.25) is 6.16 Å². The van der Waals surface area contributed by atoms with Crippen LogP contribution in [-0.4, -0.2) is 16.9 Å². The van der Waals surface area contributed by atoms with Crippen molar-refractivity contribution < 1.29 is 119 Å². The van der Waals surface area contributed by atoms with E-state index in [1.165, 1.54) is 0 Å². The van der Waals surface area contributed by atoms with E-state index in [1.807, 2.05) is 0 Å². The molecule has 1 N–H and O–H groups in total. The maximum atomic E-state index is 10.1. The summed E-state index contributed by atoms with van der Waals surface area (Å²) in [5.41, 5.74) is -0.750. The summed E-state index contributed by atoms with van der Waals surface area (Å²) in [6.45, 7) is 4.90. The Morgan fingerprint density at radius 1 is 1.36 bits per heavy atom. The van der Waals surface area contributed by atoms with Gasteiger partial charge in [0.05, 0.1) is 0 Å². The minimum atomic E-state index is -2.08. The fourth-order valence-corrected chi connectivity index (χ4v) is 0. The second-order valence-corrected chi connectivity index (χ2v) is 2.38. The van der Waals surface area contributed by atoms with Crippen LogP contribution in [0.25, 0.3) is 0 Å². The third-order valence-electron chi connectivity index (χ3n) is 0. The van der Waals surface area contributed by atoms with Crippen LogP contribution in [-0.2, 0) is 0 Å². The molecule has 0 atom stereocenters. The summed E-state index contributed by atoms with van der Waals surface area (Å²) >= 11 is 0. The summed E-state index contributed by atoms with van der Waals surface area (Å²) in [5.74, 6) is 0. The van der Waals surface area contributed by atoms with E-state index in [-0.39, 0.29) is 98.5 Å². The Bertz CT molecular complexity index is 81.0. The monoisotopic (exact) mass is 290 g/mol. The molecule has 56 valence electrons. The largest absolute Gasteiger partial charge is 1.00 e. The molecule has 0 aliphatic heterocycles. The predicted molar refractivity (Wildman–Crippen MR) is 27.8 cm³/mol. The van der Waals surface area contributed by atoms with Crippen LogP contribution in [0.3, 0.4) is 0 Å². The van der Waals surface area contributed by atoms with Crippen LogP contribution in [0.2, 0.25) is 0 Å². The first-order chi connectivity index (χ1) is 3.73. The fraction of sp³-hybridized carbons (Fsp3) is 0.800. The Labute approximate surface area is 147 Å². The molecule has 0 aliphatic rings. The molecular formula is C5H10CsNaO4. The van der Waals surface area contributed by atoms with Crippen molar-refractivity contribution in [3.63, 3.8) is 0 Å². The van der Waals surface area contributed by atoms with Gasteiger partial charge in [0.1, 0.15) is 0 Å². The van der Waals surface area contributed by atoms with E-state index in [0.717, 1.165) is 0 Å². The van der Waals surface area contributed by atoms with E-state index in [9.17, 15) is 5.11 Å². The Kier molecular flexibility index (Phi) is 26.0. The molecule has 0 amide bonds. The van der Waals surface area contributed by atoms with Gasteiger partial charge in [0.15, 0.2) is 0 Å². The Hall–Kier alpha value is 2.28. The van der Waals surface area contributed by atoms with E-state index < -0.39 is 11.8 Å². The first kappa shape index (κ1) is 23.3. The fourth-order valence-electron chi connectivity index (χ4n) is 0. The molecule has 0 saturated carbocycles. The third-order valence-corrected chi connectivity index (χ3v) is 0. The van der Waals surface area contributed by atoms with Crippen molar-refractivity contribution in [2.45, 2.75) is 26.4 Å².